The molecule has 166 valence electrons. The number of anilines is 1. The molecule has 2 N–H and O–H groups in total. The maximum absolute atomic E-state index is 12.9. The Morgan fingerprint density at radius 1 is 1.12 bits per heavy atom. The average Bonchev–Trinajstić information content (AvgIpc) is 3.64. The minimum atomic E-state index is -0.0163. The Morgan fingerprint density at radius 3 is 2.62 bits per heavy atom. The zero-order valence-electron chi connectivity index (χ0n) is 18.5. The lowest BCUT2D eigenvalue weighted by Gasteiger charge is -2.35. The van der Waals surface area contributed by atoms with Gasteiger partial charge in [-0.25, -0.2) is 4.98 Å². The number of nitrogens with zero attached hydrogens (tertiary/aromatic N) is 2. The number of carbonyl (C=O) groups is 1. The second-order valence-corrected chi connectivity index (χ2v) is 8.78. The van der Waals surface area contributed by atoms with Gasteiger partial charge >= 0.3 is 0 Å². The molecule has 0 spiro atoms. The molecule has 6 heteroatoms. The first-order valence-electron chi connectivity index (χ1n) is 11.5. The predicted molar refractivity (Wildman–Crippen MR) is 127 cm³/mol. The first-order valence-corrected chi connectivity index (χ1v) is 11.5. The monoisotopic (exact) mass is 430 g/mol. The third kappa shape index (κ3) is 4.76. The lowest BCUT2D eigenvalue weighted by atomic mass is 10.0. The molecule has 0 radical (unpaired) electrons. The number of pyridine rings is 1. The fourth-order valence-corrected chi connectivity index (χ4v) is 4.28. The van der Waals surface area contributed by atoms with E-state index in [9.17, 15) is 4.79 Å². The first kappa shape index (κ1) is 20.9. The Morgan fingerprint density at radius 2 is 1.88 bits per heavy atom. The summed E-state index contributed by atoms with van der Waals surface area (Å²) in [5.74, 6) is 0.715. The second kappa shape index (κ2) is 9.27. The molecule has 1 aliphatic heterocycles. The molecule has 5 rings (SSSR count). The number of ether oxygens (including phenoxy) is 1. The van der Waals surface area contributed by atoms with Crippen LogP contribution in [0.2, 0.25) is 0 Å². The molecule has 1 amide bonds. The number of hydrogen-bond acceptors (Lipinski definition) is 5. The molecule has 0 bridgehead atoms. The molecule has 1 unspecified atom stereocenters. The Bertz CT molecular complexity index is 1090. The number of fused-ring (bicyclic) bond motifs is 1. The van der Waals surface area contributed by atoms with Gasteiger partial charge in [0.25, 0.3) is 5.91 Å². The molecule has 2 fully saturated rings. The molecule has 6 nitrogen and oxygen atoms in total. The van der Waals surface area contributed by atoms with Gasteiger partial charge < -0.3 is 15.4 Å². The summed E-state index contributed by atoms with van der Waals surface area (Å²) in [7, 11) is 0. The molecule has 1 atom stereocenters. The number of morpholine rings is 1. The zero-order chi connectivity index (χ0) is 21.9. The zero-order valence-corrected chi connectivity index (χ0v) is 18.5. The van der Waals surface area contributed by atoms with E-state index in [4.69, 9.17) is 9.72 Å². The van der Waals surface area contributed by atoms with Crippen molar-refractivity contribution in [2.45, 2.75) is 31.8 Å². The van der Waals surface area contributed by atoms with Crippen molar-refractivity contribution in [3.8, 4) is 0 Å². The highest BCUT2D eigenvalue weighted by molar-refractivity contribution is 6.07. The molecule has 2 heterocycles. The number of hydrogen-bond donors (Lipinski definition) is 2. The van der Waals surface area contributed by atoms with Crippen molar-refractivity contribution in [2.75, 3.05) is 38.2 Å². The van der Waals surface area contributed by atoms with Gasteiger partial charge in [0.15, 0.2) is 0 Å². The fraction of sp³-hybridized carbons (Fsp3) is 0.385. The highest BCUT2D eigenvalue weighted by Crippen LogP contribution is 2.26. The van der Waals surface area contributed by atoms with Crippen LogP contribution in [-0.2, 0) is 4.74 Å². The van der Waals surface area contributed by atoms with Crippen molar-refractivity contribution in [1.82, 2.24) is 15.2 Å². The van der Waals surface area contributed by atoms with Crippen molar-refractivity contribution in [1.29, 1.82) is 0 Å². The van der Waals surface area contributed by atoms with Crippen LogP contribution in [0.25, 0.3) is 10.9 Å². The van der Waals surface area contributed by atoms with Crippen LogP contribution < -0.4 is 10.6 Å². The summed E-state index contributed by atoms with van der Waals surface area (Å²) in [6.45, 7) is 6.13. The van der Waals surface area contributed by atoms with Gasteiger partial charge in [-0.3, -0.25) is 9.69 Å². The van der Waals surface area contributed by atoms with Gasteiger partial charge in [-0.15, -0.1) is 0 Å². The largest absolute Gasteiger partial charge is 0.379 e. The molecule has 2 aliphatic rings. The maximum Gasteiger partial charge on any atom is 0.252 e. The second-order valence-electron chi connectivity index (χ2n) is 8.78. The summed E-state index contributed by atoms with van der Waals surface area (Å²) >= 11 is 0. The van der Waals surface area contributed by atoms with Crippen LogP contribution >= 0.6 is 0 Å². The SMILES string of the molecule is Cc1ccc(C(CNc2cc(C(=O)NC3CC3)c3ccccc3n2)N2CCOCC2)cc1. The van der Waals surface area contributed by atoms with E-state index in [0.29, 0.717) is 18.2 Å². The molecule has 1 aromatic heterocycles. The van der Waals surface area contributed by atoms with Crippen LogP contribution in [0.4, 0.5) is 5.82 Å². The van der Waals surface area contributed by atoms with E-state index in [1.807, 2.05) is 30.3 Å². The van der Waals surface area contributed by atoms with Gasteiger partial charge in [-0.2, -0.15) is 0 Å². The van der Waals surface area contributed by atoms with Crippen molar-refractivity contribution in [3.63, 3.8) is 0 Å². The number of aromatic nitrogens is 1. The van der Waals surface area contributed by atoms with Gasteiger partial charge in [-0.1, -0.05) is 48.0 Å². The molecular formula is C26H30N4O2. The lowest BCUT2D eigenvalue weighted by molar-refractivity contribution is 0.0187. The van der Waals surface area contributed by atoms with Crippen molar-refractivity contribution in [3.05, 3.63) is 71.3 Å². The first-order chi connectivity index (χ1) is 15.7. The Labute approximate surface area is 189 Å². The number of nitrogens with one attached hydrogen (secondary N) is 2. The quantitative estimate of drug-likeness (QED) is 0.595. The van der Waals surface area contributed by atoms with Gasteiger partial charge in [0.1, 0.15) is 5.82 Å². The smallest absolute Gasteiger partial charge is 0.252 e. The van der Waals surface area contributed by atoms with Crippen LogP contribution in [0, 0.1) is 6.92 Å². The summed E-state index contributed by atoms with van der Waals surface area (Å²) in [6.07, 6.45) is 2.13. The maximum atomic E-state index is 12.9. The minimum Gasteiger partial charge on any atom is -0.379 e. The molecule has 32 heavy (non-hydrogen) atoms. The van der Waals surface area contributed by atoms with E-state index in [-0.39, 0.29) is 11.9 Å². The third-order valence-electron chi connectivity index (χ3n) is 6.30. The highest BCUT2D eigenvalue weighted by Gasteiger charge is 2.26. The fourth-order valence-electron chi connectivity index (χ4n) is 4.28. The molecule has 1 aliphatic carbocycles. The number of benzene rings is 2. The number of rotatable bonds is 7. The van der Waals surface area contributed by atoms with Crippen LogP contribution in [0.1, 0.15) is 40.4 Å². The van der Waals surface area contributed by atoms with Gasteiger partial charge in [0, 0.05) is 31.1 Å². The highest BCUT2D eigenvalue weighted by atomic mass is 16.5. The van der Waals surface area contributed by atoms with Gasteiger partial charge in [0.2, 0.25) is 0 Å². The van der Waals surface area contributed by atoms with E-state index < -0.39 is 0 Å². The van der Waals surface area contributed by atoms with E-state index in [2.05, 4.69) is 46.7 Å². The minimum absolute atomic E-state index is 0.0163. The van der Waals surface area contributed by atoms with Gasteiger partial charge in [0.05, 0.1) is 30.3 Å². The predicted octanol–water partition coefficient (Wildman–Crippen LogP) is 3.92. The van der Waals surface area contributed by atoms with E-state index in [1.54, 1.807) is 0 Å². The number of carbonyl (C=O) groups excluding carboxylic acids is 1. The number of aryl methyl sites for hydroxylation is 1. The summed E-state index contributed by atoms with van der Waals surface area (Å²) < 4.78 is 5.58. The van der Waals surface area contributed by atoms with Gasteiger partial charge in [-0.05, 0) is 37.5 Å². The van der Waals surface area contributed by atoms with Crippen LogP contribution in [-0.4, -0.2) is 54.7 Å². The third-order valence-corrected chi connectivity index (χ3v) is 6.30. The topological polar surface area (TPSA) is 66.5 Å². The summed E-state index contributed by atoms with van der Waals surface area (Å²) in [4.78, 5) is 20.2. The number of para-hydroxylation sites is 1. The van der Waals surface area contributed by atoms with Crippen molar-refractivity contribution >= 4 is 22.6 Å². The molecule has 1 saturated carbocycles. The van der Waals surface area contributed by atoms with Crippen LogP contribution in [0.5, 0.6) is 0 Å². The number of amides is 1. The molecular weight excluding hydrogens is 400 g/mol. The lowest BCUT2D eigenvalue weighted by Crippen LogP contribution is -2.41. The molecule has 1 saturated heterocycles. The van der Waals surface area contributed by atoms with E-state index in [1.165, 1.54) is 11.1 Å². The summed E-state index contributed by atoms with van der Waals surface area (Å²) in [6, 6.07) is 19.0. The molecule has 2 aromatic carbocycles. The van der Waals surface area contributed by atoms with Crippen LogP contribution in [0.3, 0.4) is 0 Å². The van der Waals surface area contributed by atoms with E-state index >= 15 is 0 Å². The van der Waals surface area contributed by atoms with Crippen molar-refractivity contribution < 1.29 is 9.53 Å². The van der Waals surface area contributed by atoms with Crippen molar-refractivity contribution in [2.24, 2.45) is 0 Å². The normalized spacial score (nSPS) is 17.8. The molecule has 3 aromatic rings. The van der Waals surface area contributed by atoms with E-state index in [0.717, 1.165) is 55.9 Å². The van der Waals surface area contributed by atoms with Crippen LogP contribution in [0.15, 0.2) is 54.6 Å². The average molecular weight is 431 g/mol. The summed E-state index contributed by atoms with van der Waals surface area (Å²) in [5, 5.41) is 7.55. The Balaban J connectivity index is 1.41. The Kier molecular flexibility index (Phi) is 6.06. The standard InChI is InChI=1S/C26H30N4O2/c1-18-6-8-19(9-7-18)24(30-12-14-32-15-13-30)17-27-25-16-22(26(31)28-20-10-11-20)21-4-2-3-5-23(21)29-25/h2-9,16,20,24H,10-15,17H2,1H3,(H,27,29)(H,28,31). The summed E-state index contributed by atoms with van der Waals surface area (Å²) in [5.41, 5.74) is 4.04. The Hall–Kier alpha value is -2.96.